The Kier molecular flexibility index (Phi) is 2.84. The number of rotatable bonds is 1. The van der Waals surface area contributed by atoms with Crippen LogP contribution in [0.1, 0.15) is 22.0 Å². The third kappa shape index (κ3) is 1.84. The molecule has 0 unspecified atom stereocenters. The van der Waals surface area contributed by atoms with Gasteiger partial charge < -0.3 is 10.4 Å². The number of fused-ring (bicyclic) bond motifs is 4. The number of benzene rings is 2. The van der Waals surface area contributed by atoms with Crippen molar-refractivity contribution in [1.29, 1.82) is 0 Å². The molecule has 4 rings (SSSR count). The average molecular weight is 332 g/mol. The number of nitrogens with one attached hydrogen (secondary N) is 1. The summed E-state index contributed by atoms with van der Waals surface area (Å²) in [5.41, 5.74) is 1.50. The maximum absolute atomic E-state index is 12.8. The summed E-state index contributed by atoms with van der Waals surface area (Å²) >= 11 is 6.12. The zero-order chi connectivity index (χ0) is 16.3. The topological polar surface area (TPSA) is 95.7 Å². The molecule has 2 atom stereocenters. The van der Waals surface area contributed by atoms with Crippen LogP contribution in [0.4, 0.5) is 17.1 Å². The van der Waals surface area contributed by atoms with E-state index in [0.29, 0.717) is 27.5 Å². The summed E-state index contributed by atoms with van der Waals surface area (Å²) in [4.78, 5) is 24.6. The van der Waals surface area contributed by atoms with Crippen molar-refractivity contribution in [2.24, 2.45) is 0 Å². The second kappa shape index (κ2) is 4.68. The maximum Gasteiger partial charge on any atom is 0.269 e. The fourth-order valence-electron chi connectivity index (χ4n) is 3.09. The summed E-state index contributed by atoms with van der Waals surface area (Å²) < 4.78 is 0. The third-order valence-electron chi connectivity index (χ3n) is 4.13. The van der Waals surface area contributed by atoms with Crippen molar-refractivity contribution in [3.05, 3.63) is 62.7 Å². The molecule has 2 N–H and O–H groups in total. The first-order chi connectivity index (χ1) is 11.0. The average Bonchev–Trinajstić information content (AvgIpc) is 2.80. The zero-order valence-electron chi connectivity index (χ0n) is 11.6. The SMILES string of the molecule is O=C1c2c(Cl)cccc2N[C@H]2[C@H](O)c3cc([N+](=O)[O-])ccc3N12. The highest BCUT2D eigenvalue weighted by Gasteiger charge is 2.46. The van der Waals surface area contributed by atoms with Crippen LogP contribution in [0.3, 0.4) is 0 Å². The summed E-state index contributed by atoms with van der Waals surface area (Å²) in [6.45, 7) is 0. The van der Waals surface area contributed by atoms with Crippen molar-refractivity contribution in [2.45, 2.75) is 12.3 Å². The molecule has 2 aliphatic heterocycles. The van der Waals surface area contributed by atoms with Gasteiger partial charge in [0.2, 0.25) is 0 Å². The van der Waals surface area contributed by atoms with Crippen molar-refractivity contribution in [1.82, 2.24) is 0 Å². The molecular formula is C15H10ClN3O4. The van der Waals surface area contributed by atoms with Gasteiger partial charge in [0.05, 0.1) is 26.9 Å². The number of nitrogens with zero attached hydrogens (tertiary/aromatic N) is 2. The molecule has 0 aliphatic carbocycles. The van der Waals surface area contributed by atoms with Gasteiger partial charge in [0.25, 0.3) is 11.6 Å². The number of halogens is 1. The van der Waals surface area contributed by atoms with Gasteiger partial charge in [-0.2, -0.15) is 0 Å². The maximum atomic E-state index is 12.8. The number of non-ortho nitro benzene ring substituents is 1. The number of carbonyl (C=O) groups excluding carboxylic acids is 1. The molecule has 0 aromatic heterocycles. The molecule has 116 valence electrons. The highest BCUT2D eigenvalue weighted by molar-refractivity contribution is 6.36. The van der Waals surface area contributed by atoms with Gasteiger partial charge in [-0.3, -0.25) is 19.8 Å². The van der Waals surface area contributed by atoms with Gasteiger partial charge in [-0.25, -0.2) is 0 Å². The number of amides is 1. The predicted octanol–water partition coefficient (Wildman–Crippen LogP) is 2.69. The van der Waals surface area contributed by atoms with E-state index in [9.17, 15) is 20.0 Å². The summed E-state index contributed by atoms with van der Waals surface area (Å²) in [6, 6.07) is 9.09. The molecule has 7 nitrogen and oxygen atoms in total. The van der Waals surface area contributed by atoms with Gasteiger partial charge in [-0.1, -0.05) is 17.7 Å². The van der Waals surface area contributed by atoms with Crippen molar-refractivity contribution in [3.8, 4) is 0 Å². The second-order valence-corrected chi connectivity index (χ2v) is 5.78. The lowest BCUT2D eigenvalue weighted by atomic mass is 10.1. The summed E-state index contributed by atoms with van der Waals surface area (Å²) in [7, 11) is 0. The number of hydrogen-bond donors (Lipinski definition) is 2. The highest BCUT2D eigenvalue weighted by atomic mass is 35.5. The number of carbonyl (C=O) groups is 1. The first kappa shape index (κ1) is 14.0. The Balaban J connectivity index is 1.87. The van der Waals surface area contributed by atoms with Crippen LogP contribution in [0.5, 0.6) is 0 Å². The Morgan fingerprint density at radius 2 is 2.09 bits per heavy atom. The lowest BCUT2D eigenvalue weighted by Crippen LogP contribution is -2.48. The fourth-order valence-corrected chi connectivity index (χ4v) is 3.35. The summed E-state index contributed by atoms with van der Waals surface area (Å²) in [5.74, 6) is -0.346. The van der Waals surface area contributed by atoms with E-state index < -0.39 is 17.2 Å². The number of nitro groups is 1. The van der Waals surface area contributed by atoms with E-state index >= 15 is 0 Å². The quantitative estimate of drug-likeness (QED) is 0.618. The van der Waals surface area contributed by atoms with Gasteiger partial charge in [0, 0.05) is 17.7 Å². The van der Waals surface area contributed by atoms with Gasteiger partial charge >= 0.3 is 0 Å². The molecule has 0 bridgehead atoms. The number of aliphatic hydroxyl groups is 1. The molecule has 2 aromatic carbocycles. The summed E-state index contributed by atoms with van der Waals surface area (Å²) in [5, 5.41) is 24.8. The van der Waals surface area contributed by atoms with Crippen LogP contribution in [0, 0.1) is 10.1 Å². The molecule has 2 aliphatic rings. The lowest BCUT2D eigenvalue weighted by molar-refractivity contribution is -0.384. The second-order valence-electron chi connectivity index (χ2n) is 5.37. The number of nitro benzene ring substituents is 1. The number of anilines is 2. The van der Waals surface area contributed by atoms with E-state index in [4.69, 9.17) is 11.6 Å². The third-order valence-corrected chi connectivity index (χ3v) is 4.44. The Hall–Kier alpha value is -2.64. The van der Waals surface area contributed by atoms with Gasteiger partial charge in [0.15, 0.2) is 0 Å². The van der Waals surface area contributed by atoms with Crippen LogP contribution in [0.15, 0.2) is 36.4 Å². The minimum absolute atomic E-state index is 0.134. The van der Waals surface area contributed by atoms with E-state index in [1.807, 2.05) is 0 Å². The molecule has 1 amide bonds. The van der Waals surface area contributed by atoms with Crippen molar-refractivity contribution in [2.75, 3.05) is 10.2 Å². The molecule has 2 heterocycles. The largest absolute Gasteiger partial charge is 0.384 e. The van der Waals surface area contributed by atoms with E-state index in [1.54, 1.807) is 18.2 Å². The van der Waals surface area contributed by atoms with Crippen LogP contribution in [-0.4, -0.2) is 22.1 Å². The Morgan fingerprint density at radius 3 is 2.83 bits per heavy atom. The van der Waals surface area contributed by atoms with Crippen molar-refractivity contribution >= 4 is 34.6 Å². The van der Waals surface area contributed by atoms with Crippen LogP contribution in [-0.2, 0) is 0 Å². The minimum atomic E-state index is -1.07. The summed E-state index contributed by atoms with van der Waals surface area (Å²) in [6.07, 6.45) is -1.79. The van der Waals surface area contributed by atoms with Gasteiger partial charge in [0.1, 0.15) is 12.3 Å². The van der Waals surface area contributed by atoms with Gasteiger partial charge in [-0.05, 0) is 18.2 Å². The standard InChI is InChI=1S/C15H10ClN3O4/c16-9-2-1-3-10-12(9)15(21)18-11-5-4-7(19(22)23)6-8(11)13(20)14(18)17-10/h1-6,13-14,17,20H/t13-,14-/m1/s1. The van der Waals surface area contributed by atoms with Crippen LogP contribution in [0.2, 0.25) is 5.02 Å². The first-order valence-electron chi connectivity index (χ1n) is 6.84. The van der Waals surface area contributed by atoms with Crippen LogP contribution < -0.4 is 10.2 Å². The van der Waals surface area contributed by atoms with Gasteiger partial charge in [-0.15, -0.1) is 0 Å². The minimum Gasteiger partial charge on any atom is -0.384 e. The number of aliphatic hydroxyl groups excluding tert-OH is 1. The van der Waals surface area contributed by atoms with Crippen LogP contribution >= 0.6 is 11.6 Å². The van der Waals surface area contributed by atoms with E-state index in [0.717, 1.165) is 0 Å². The van der Waals surface area contributed by atoms with Crippen molar-refractivity contribution in [3.63, 3.8) is 0 Å². The normalized spacial score (nSPS) is 21.3. The molecule has 0 radical (unpaired) electrons. The smallest absolute Gasteiger partial charge is 0.269 e. The Bertz CT molecular complexity index is 870. The molecule has 0 saturated heterocycles. The molecule has 23 heavy (non-hydrogen) atoms. The van der Waals surface area contributed by atoms with E-state index in [2.05, 4.69) is 5.32 Å². The van der Waals surface area contributed by atoms with E-state index in [1.165, 1.54) is 23.1 Å². The Morgan fingerprint density at radius 1 is 1.30 bits per heavy atom. The Labute approximate surface area is 135 Å². The molecule has 0 fully saturated rings. The molecular weight excluding hydrogens is 322 g/mol. The molecule has 8 heteroatoms. The van der Waals surface area contributed by atoms with E-state index in [-0.39, 0.29) is 11.6 Å². The predicted molar refractivity (Wildman–Crippen MR) is 83.7 cm³/mol. The molecule has 0 spiro atoms. The number of hydrogen-bond acceptors (Lipinski definition) is 5. The molecule has 0 saturated carbocycles. The highest BCUT2D eigenvalue weighted by Crippen LogP contribution is 2.46. The zero-order valence-corrected chi connectivity index (χ0v) is 12.3. The molecule has 2 aromatic rings. The first-order valence-corrected chi connectivity index (χ1v) is 7.22. The van der Waals surface area contributed by atoms with Crippen molar-refractivity contribution < 1.29 is 14.8 Å². The van der Waals surface area contributed by atoms with Crippen LogP contribution in [0.25, 0.3) is 0 Å². The fraction of sp³-hybridized carbons (Fsp3) is 0.133. The lowest BCUT2D eigenvalue weighted by Gasteiger charge is -2.34. The monoisotopic (exact) mass is 331 g/mol.